The zero-order valence-electron chi connectivity index (χ0n) is 15.4. The molecule has 0 aliphatic heterocycles. The van der Waals surface area contributed by atoms with Crippen LogP contribution in [0.3, 0.4) is 0 Å². The Morgan fingerprint density at radius 2 is 2.04 bits per heavy atom. The van der Waals surface area contributed by atoms with Gasteiger partial charge in [-0.15, -0.1) is 5.10 Å². The fourth-order valence-electron chi connectivity index (χ4n) is 4.49. The smallest absolute Gasteiger partial charge is 0.0960 e. The van der Waals surface area contributed by atoms with Crippen molar-refractivity contribution in [2.24, 2.45) is 14.1 Å². The molecule has 0 bridgehead atoms. The topological polar surface area (TPSA) is 68.8 Å². The first-order valence-corrected chi connectivity index (χ1v) is 8.88. The van der Waals surface area contributed by atoms with Crippen LogP contribution < -0.4 is 0 Å². The van der Waals surface area contributed by atoms with Crippen LogP contribution in [0.5, 0.6) is 0 Å². The number of hydrogen-bond donors (Lipinski definition) is 1. The highest BCUT2D eigenvalue weighted by atomic mass is 16.3. The van der Waals surface area contributed by atoms with E-state index in [1.165, 1.54) is 11.1 Å². The van der Waals surface area contributed by atoms with Crippen molar-refractivity contribution < 1.29 is 5.11 Å². The van der Waals surface area contributed by atoms with Gasteiger partial charge in [-0.05, 0) is 43.9 Å². The van der Waals surface area contributed by atoms with E-state index >= 15 is 0 Å². The van der Waals surface area contributed by atoms with Crippen LogP contribution in [0.15, 0.2) is 24.4 Å². The Bertz CT molecular complexity index is 1180. The molecule has 26 heavy (non-hydrogen) atoms. The molecule has 4 aromatic rings. The van der Waals surface area contributed by atoms with Gasteiger partial charge in [-0.2, -0.15) is 0 Å². The van der Waals surface area contributed by atoms with E-state index in [1.54, 1.807) is 4.68 Å². The quantitative estimate of drug-likeness (QED) is 0.575. The number of rotatable bonds is 1. The summed E-state index contributed by atoms with van der Waals surface area (Å²) in [6, 6.07) is 6.32. The number of nitrogens with zero attached hydrogens (tertiary/aromatic N) is 5. The first-order chi connectivity index (χ1) is 12.4. The van der Waals surface area contributed by atoms with Crippen LogP contribution in [-0.4, -0.2) is 29.7 Å². The fourth-order valence-corrected chi connectivity index (χ4v) is 4.49. The first kappa shape index (κ1) is 15.5. The first-order valence-electron chi connectivity index (χ1n) is 8.88. The second kappa shape index (κ2) is 4.92. The number of aliphatic hydroxyl groups is 1. The summed E-state index contributed by atoms with van der Waals surface area (Å²) in [5.74, 6) is 0. The van der Waals surface area contributed by atoms with E-state index in [9.17, 15) is 5.11 Å². The second-order valence-electron chi connectivity index (χ2n) is 7.56. The number of benzene rings is 1. The average Bonchev–Trinajstić information content (AvgIpc) is 3.21. The van der Waals surface area contributed by atoms with Crippen molar-refractivity contribution in [1.82, 2.24) is 24.5 Å². The molecule has 5 rings (SSSR count). The van der Waals surface area contributed by atoms with E-state index in [2.05, 4.69) is 40.1 Å². The maximum atomic E-state index is 10.7. The van der Waals surface area contributed by atoms with Gasteiger partial charge >= 0.3 is 0 Å². The van der Waals surface area contributed by atoms with E-state index < -0.39 is 5.60 Å². The molecule has 0 saturated carbocycles. The zero-order chi connectivity index (χ0) is 18.2. The molecule has 0 radical (unpaired) electrons. The third-order valence-corrected chi connectivity index (χ3v) is 5.81. The zero-order valence-corrected chi connectivity index (χ0v) is 15.4. The van der Waals surface area contributed by atoms with Crippen LogP contribution in [-0.2, 0) is 26.1 Å². The van der Waals surface area contributed by atoms with Gasteiger partial charge in [0.15, 0.2) is 0 Å². The number of aryl methyl sites for hydroxylation is 4. The van der Waals surface area contributed by atoms with Crippen LogP contribution in [0.1, 0.15) is 30.2 Å². The molecule has 1 unspecified atom stereocenters. The molecule has 6 heteroatoms. The Balaban J connectivity index is 1.83. The molecular weight excluding hydrogens is 326 g/mol. The fraction of sp³-hybridized carbons (Fsp3) is 0.350. The predicted molar refractivity (Wildman–Crippen MR) is 101 cm³/mol. The van der Waals surface area contributed by atoms with Crippen LogP contribution in [0.4, 0.5) is 0 Å². The van der Waals surface area contributed by atoms with Crippen molar-refractivity contribution in [1.29, 1.82) is 0 Å². The predicted octanol–water partition coefficient (Wildman–Crippen LogP) is 2.98. The Labute approximate surface area is 151 Å². The molecule has 6 nitrogen and oxygen atoms in total. The van der Waals surface area contributed by atoms with Gasteiger partial charge in [-0.3, -0.25) is 4.98 Å². The Hall–Kier alpha value is -2.73. The molecule has 1 aliphatic carbocycles. The molecule has 3 aromatic heterocycles. The van der Waals surface area contributed by atoms with E-state index in [0.717, 1.165) is 51.8 Å². The normalized spacial score (nSPS) is 19.6. The van der Waals surface area contributed by atoms with Gasteiger partial charge in [-0.1, -0.05) is 17.3 Å². The molecule has 0 spiro atoms. The van der Waals surface area contributed by atoms with Crippen LogP contribution in [0, 0.1) is 6.92 Å². The summed E-state index contributed by atoms with van der Waals surface area (Å²) in [6.07, 6.45) is 3.56. The third kappa shape index (κ3) is 1.88. The van der Waals surface area contributed by atoms with E-state index in [-0.39, 0.29) is 0 Å². The molecule has 0 saturated heterocycles. The summed E-state index contributed by atoms with van der Waals surface area (Å²) in [4.78, 5) is 4.78. The highest BCUT2D eigenvalue weighted by molar-refractivity contribution is 6.08. The second-order valence-corrected chi connectivity index (χ2v) is 7.56. The summed E-state index contributed by atoms with van der Waals surface area (Å²) >= 11 is 0. The maximum absolute atomic E-state index is 10.7. The van der Waals surface area contributed by atoms with E-state index in [0.29, 0.717) is 0 Å². The molecule has 1 atom stereocenters. The highest BCUT2D eigenvalue weighted by Crippen LogP contribution is 2.42. The van der Waals surface area contributed by atoms with Gasteiger partial charge in [0.1, 0.15) is 0 Å². The maximum Gasteiger partial charge on any atom is 0.0960 e. The number of pyridine rings is 1. The third-order valence-electron chi connectivity index (χ3n) is 5.81. The number of aromatic nitrogens is 5. The number of fused-ring (bicyclic) bond motifs is 5. The number of hydrogen-bond acceptors (Lipinski definition) is 4. The lowest BCUT2D eigenvalue weighted by Crippen LogP contribution is -2.16. The summed E-state index contributed by atoms with van der Waals surface area (Å²) in [5, 5.41) is 20.1. The summed E-state index contributed by atoms with van der Waals surface area (Å²) in [6.45, 7) is 3.87. The van der Waals surface area contributed by atoms with Crippen molar-refractivity contribution in [3.63, 3.8) is 0 Å². The van der Waals surface area contributed by atoms with Crippen molar-refractivity contribution >= 4 is 21.9 Å². The minimum absolute atomic E-state index is 0.740. The molecule has 0 amide bonds. The Kier molecular flexibility index (Phi) is 2.93. The molecular formula is C20H21N5O. The lowest BCUT2D eigenvalue weighted by molar-refractivity contribution is 0.0595. The molecule has 132 valence electrons. The lowest BCUT2D eigenvalue weighted by Gasteiger charge is -2.17. The molecule has 1 N–H and O–H groups in total. The van der Waals surface area contributed by atoms with Crippen LogP contribution in [0.25, 0.3) is 33.2 Å². The van der Waals surface area contributed by atoms with Gasteiger partial charge in [0.05, 0.1) is 33.5 Å². The minimum atomic E-state index is -0.740. The summed E-state index contributed by atoms with van der Waals surface area (Å²) in [5.41, 5.74) is 7.69. The van der Waals surface area contributed by atoms with Gasteiger partial charge in [0, 0.05) is 31.2 Å². The van der Waals surface area contributed by atoms with Gasteiger partial charge in [0.2, 0.25) is 0 Å². The summed E-state index contributed by atoms with van der Waals surface area (Å²) in [7, 11) is 3.98. The largest absolute Gasteiger partial charge is 0.385 e. The SMILES string of the molecule is Cc1nnn(C)c1-c1cnc2c3ccc4c(c3n(C)c2c1)CCC4(C)O. The average molecular weight is 347 g/mol. The van der Waals surface area contributed by atoms with Crippen molar-refractivity contribution in [3.8, 4) is 11.3 Å². The Morgan fingerprint density at radius 3 is 2.77 bits per heavy atom. The van der Waals surface area contributed by atoms with Gasteiger partial charge in [0.25, 0.3) is 0 Å². The van der Waals surface area contributed by atoms with Crippen LogP contribution >= 0.6 is 0 Å². The standard InChI is InChI=1S/C20H21N5O/c1-11-18(25(4)23-22-11)12-9-16-17(21-10-12)14-5-6-15-13(19(14)24(16)3)7-8-20(15,2)26/h5-6,9-10,26H,7-8H2,1-4H3. The van der Waals surface area contributed by atoms with Crippen molar-refractivity contribution in [3.05, 3.63) is 41.2 Å². The highest BCUT2D eigenvalue weighted by Gasteiger charge is 2.34. The lowest BCUT2D eigenvalue weighted by atomic mass is 9.97. The summed E-state index contributed by atoms with van der Waals surface area (Å²) < 4.78 is 4.00. The van der Waals surface area contributed by atoms with E-state index in [1.807, 2.05) is 27.1 Å². The molecule has 1 aliphatic rings. The molecule has 3 heterocycles. The molecule has 1 aromatic carbocycles. The van der Waals surface area contributed by atoms with Gasteiger partial charge in [-0.25, -0.2) is 4.68 Å². The van der Waals surface area contributed by atoms with Crippen LogP contribution in [0.2, 0.25) is 0 Å². The minimum Gasteiger partial charge on any atom is -0.385 e. The molecule has 0 fully saturated rings. The van der Waals surface area contributed by atoms with Crippen molar-refractivity contribution in [2.75, 3.05) is 0 Å². The van der Waals surface area contributed by atoms with E-state index in [4.69, 9.17) is 4.98 Å². The monoisotopic (exact) mass is 347 g/mol. The Morgan fingerprint density at radius 1 is 1.23 bits per heavy atom. The van der Waals surface area contributed by atoms with Gasteiger partial charge < -0.3 is 9.67 Å². The van der Waals surface area contributed by atoms with Crippen molar-refractivity contribution in [2.45, 2.75) is 32.3 Å².